The van der Waals surface area contributed by atoms with Crippen LogP contribution in [0.2, 0.25) is 0 Å². The second kappa shape index (κ2) is 5.28. The van der Waals surface area contributed by atoms with Crippen LogP contribution < -0.4 is 10.1 Å². The lowest BCUT2D eigenvalue weighted by Gasteiger charge is -2.20. The maximum absolute atomic E-state index is 10.9. The standard InChI is InChI=1S/C14H18N2O4/c1-19-12-7-10(6-11(8-12)16(17)18)15-13-4-5-20-14(13)9-2-3-9/h6-9,13-15H,2-5H2,1H3. The largest absolute Gasteiger partial charge is 0.496 e. The molecule has 6 heteroatoms. The maximum Gasteiger partial charge on any atom is 0.275 e. The minimum atomic E-state index is -0.406. The number of rotatable bonds is 5. The summed E-state index contributed by atoms with van der Waals surface area (Å²) in [6.45, 7) is 0.755. The molecule has 2 unspecified atom stereocenters. The van der Waals surface area contributed by atoms with Gasteiger partial charge in [0.2, 0.25) is 0 Å². The summed E-state index contributed by atoms with van der Waals surface area (Å²) < 4.78 is 10.9. The molecular weight excluding hydrogens is 260 g/mol. The van der Waals surface area contributed by atoms with E-state index >= 15 is 0 Å². The van der Waals surface area contributed by atoms with Crippen molar-refractivity contribution < 1.29 is 14.4 Å². The molecule has 0 amide bonds. The molecule has 0 bridgehead atoms. The Morgan fingerprint density at radius 3 is 2.80 bits per heavy atom. The second-order valence-electron chi connectivity index (χ2n) is 5.39. The van der Waals surface area contributed by atoms with E-state index in [0.29, 0.717) is 11.7 Å². The first kappa shape index (κ1) is 13.2. The van der Waals surface area contributed by atoms with Crippen molar-refractivity contribution >= 4 is 11.4 Å². The van der Waals surface area contributed by atoms with Gasteiger partial charge in [0.25, 0.3) is 5.69 Å². The van der Waals surface area contributed by atoms with Gasteiger partial charge in [0.15, 0.2) is 0 Å². The summed E-state index contributed by atoms with van der Waals surface area (Å²) in [7, 11) is 1.51. The highest BCUT2D eigenvalue weighted by molar-refractivity contribution is 5.57. The lowest BCUT2D eigenvalue weighted by Crippen LogP contribution is -2.30. The van der Waals surface area contributed by atoms with E-state index in [0.717, 1.165) is 18.7 Å². The van der Waals surface area contributed by atoms with Crippen molar-refractivity contribution in [2.24, 2.45) is 5.92 Å². The van der Waals surface area contributed by atoms with Gasteiger partial charge >= 0.3 is 0 Å². The third-order valence-corrected chi connectivity index (χ3v) is 3.91. The molecule has 108 valence electrons. The molecule has 0 radical (unpaired) electrons. The molecular formula is C14H18N2O4. The molecule has 3 rings (SSSR count). The Balaban J connectivity index is 1.78. The highest BCUT2D eigenvalue weighted by Crippen LogP contribution is 2.40. The monoisotopic (exact) mass is 278 g/mol. The molecule has 1 N–H and O–H groups in total. The highest BCUT2D eigenvalue weighted by atomic mass is 16.6. The zero-order chi connectivity index (χ0) is 14.1. The number of benzene rings is 1. The van der Waals surface area contributed by atoms with Gasteiger partial charge in [-0.1, -0.05) is 0 Å². The van der Waals surface area contributed by atoms with Crippen molar-refractivity contribution in [3.63, 3.8) is 0 Å². The Kier molecular flexibility index (Phi) is 3.48. The van der Waals surface area contributed by atoms with Gasteiger partial charge in [-0.15, -0.1) is 0 Å². The van der Waals surface area contributed by atoms with Crippen molar-refractivity contribution in [3.05, 3.63) is 28.3 Å². The van der Waals surface area contributed by atoms with Crippen molar-refractivity contribution in [2.45, 2.75) is 31.4 Å². The van der Waals surface area contributed by atoms with Gasteiger partial charge in [-0.25, -0.2) is 0 Å². The number of methoxy groups -OCH3 is 1. The van der Waals surface area contributed by atoms with Crippen LogP contribution in [0.15, 0.2) is 18.2 Å². The van der Waals surface area contributed by atoms with Crippen molar-refractivity contribution in [1.82, 2.24) is 0 Å². The first-order valence-corrected chi connectivity index (χ1v) is 6.89. The van der Waals surface area contributed by atoms with Gasteiger partial charge in [0, 0.05) is 24.4 Å². The molecule has 2 fully saturated rings. The Hall–Kier alpha value is -1.82. The van der Waals surface area contributed by atoms with Gasteiger partial charge in [0.1, 0.15) is 5.75 Å². The smallest absolute Gasteiger partial charge is 0.275 e. The van der Waals surface area contributed by atoms with Gasteiger partial charge in [-0.05, 0) is 25.2 Å². The van der Waals surface area contributed by atoms with E-state index in [1.807, 2.05) is 0 Å². The van der Waals surface area contributed by atoms with Crippen LogP contribution >= 0.6 is 0 Å². The predicted molar refractivity (Wildman–Crippen MR) is 74.1 cm³/mol. The fraction of sp³-hybridized carbons (Fsp3) is 0.571. The summed E-state index contributed by atoms with van der Waals surface area (Å²) in [4.78, 5) is 10.5. The molecule has 1 aliphatic heterocycles. The Labute approximate surface area is 117 Å². The lowest BCUT2D eigenvalue weighted by atomic mass is 10.1. The van der Waals surface area contributed by atoms with E-state index < -0.39 is 4.92 Å². The molecule has 2 atom stereocenters. The van der Waals surface area contributed by atoms with Crippen LogP contribution in [0, 0.1) is 16.0 Å². The molecule has 2 aliphatic rings. The molecule has 1 aromatic carbocycles. The minimum Gasteiger partial charge on any atom is -0.496 e. The van der Waals surface area contributed by atoms with Crippen LogP contribution in [0.25, 0.3) is 0 Å². The summed E-state index contributed by atoms with van der Waals surface area (Å²) in [6.07, 6.45) is 3.62. The summed E-state index contributed by atoms with van der Waals surface area (Å²) in [6, 6.07) is 4.99. The zero-order valence-corrected chi connectivity index (χ0v) is 11.4. The summed E-state index contributed by atoms with van der Waals surface area (Å²) in [5.74, 6) is 1.14. The normalized spacial score (nSPS) is 25.4. The van der Waals surface area contributed by atoms with Gasteiger partial charge < -0.3 is 14.8 Å². The molecule has 1 saturated carbocycles. The van der Waals surface area contributed by atoms with E-state index in [1.54, 1.807) is 12.1 Å². The van der Waals surface area contributed by atoms with Crippen molar-refractivity contribution in [2.75, 3.05) is 19.0 Å². The summed E-state index contributed by atoms with van der Waals surface area (Å²) in [5.41, 5.74) is 0.755. The number of nitro benzene ring substituents is 1. The van der Waals surface area contributed by atoms with Crippen LogP contribution in [0.4, 0.5) is 11.4 Å². The number of hydrogen-bond donors (Lipinski definition) is 1. The molecule has 1 heterocycles. The van der Waals surface area contributed by atoms with Crippen LogP contribution in [0.5, 0.6) is 5.75 Å². The second-order valence-corrected chi connectivity index (χ2v) is 5.39. The Morgan fingerprint density at radius 1 is 1.35 bits per heavy atom. The number of nitrogens with zero attached hydrogens (tertiary/aromatic N) is 1. The van der Waals surface area contributed by atoms with E-state index in [1.165, 1.54) is 26.0 Å². The maximum atomic E-state index is 10.9. The third kappa shape index (κ3) is 2.70. The van der Waals surface area contributed by atoms with E-state index in [9.17, 15) is 10.1 Å². The minimum absolute atomic E-state index is 0.0359. The van der Waals surface area contributed by atoms with Crippen molar-refractivity contribution in [3.8, 4) is 5.75 Å². The van der Waals surface area contributed by atoms with E-state index in [4.69, 9.17) is 9.47 Å². The molecule has 20 heavy (non-hydrogen) atoms. The molecule has 0 aromatic heterocycles. The first-order valence-electron chi connectivity index (χ1n) is 6.89. The summed E-state index contributed by atoms with van der Waals surface area (Å²) in [5, 5.41) is 14.3. The Morgan fingerprint density at radius 2 is 2.15 bits per heavy atom. The molecule has 6 nitrogen and oxygen atoms in total. The van der Waals surface area contributed by atoms with Gasteiger partial charge in [-0.3, -0.25) is 10.1 Å². The lowest BCUT2D eigenvalue weighted by molar-refractivity contribution is -0.384. The van der Waals surface area contributed by atoms with Gasteiger partial charge in [0.05, 0.1) is 30.2 Å². The number of anilines is 1. The first-order chi connectivity index (χ1) is 9.67. The van der Waals surface area contributed by atoms with Crippen LogP contribution in [-0.2, 0) is 4.74 Å². The topological polar surface area (TPSA) is 73.6 Å². The fourth-order valence-corrected chi connectivity index (χ4v) is 2.76. The van der Waals surface area contributed by atoms with Crippen LogP contribution in [-0.4, -0.2) is 30.8 Å². The summed E-state index contributed by atoms with van der Waals surface area (Å²) >= 11 is 0. The predicted octanol–water partition coefficient (Wildman–Crippen LogP) is 2.58. The molecule has 1 aliphatic carbocycles. The SMILES string of the molecule is COc1cc(NC2CCOC2C2CC2)cc([N+](=O)[O-])c1. The Bertz CT molecular complexity index is 516. The fourth-order valence-electron chi connectivity index (χ4n) is 2.76. The van der Waals surface area contributed by atoms with E-state index in [2.05, 4.69) is 5.32 Å². The van der Waals surface area contributed by atoms with E-state index in [-0.39, 0.29) is 17.8 Å². The molecule has 0 spiro atoms. The number of non-ortho nitro benzene ring substituents is 1. The average Bonchev–Trinajstić information content (AvgIpc) is 3.19. The zero-order valence-electron chi connectivity index (χ0n) is 11.4. The molecule has 1 aromatic rings. The number of ether oxygens (including phenoxy) is 2. The van der Waals surface area contributed by atoms with Crippen LogP contribution in [0.1, 0.15) is 19.3 Å². The number of hydrogen-bond acceptors (Lipinski definition) is 5. The van der Waals surface area contributed by atoms with Crippen LogP contribution in [0.3, 0.4) is 0 Å². The quantitative estimate of drug-likeness (QED) is 0.662. The van der Waals surface area contributed by atoms with Gasteiger partial charge in [-0.2, -0.15) is 0 Å². The number of nitrogens with one attached hydrogen (secondary N) is 1. The average molecular weight is 278 g/mol. The van der Waals surface area contributed by atoms with Crippen molar-refractivity contribution in [1.29, 1.82) is 0 Å². The highest BCUT2D eigenvalue weighted by Gasteiger charge is 2.40. The number of nitro groups is 1. The third-order valence-electron chi connectivity index (χ3n) is 3.91. The molecule has 1 saturated heterocycles.